The van der Waals surface area contributed by atoms with Crippen LogP contribution in [0.25, 0.3) is 0 Å². The molecule has 2 heterocycles. The highest BCUT2D eigenvalue weighted by atomic mass is 32.2. The monoisotopic (exact) mass is 452 g/mol. The summed E-state index contributed by atoms with van der Waals surface area (Å²) in [7, 11) is 0. The summed E-state index contributed by atoms with van der Waals surface area (Å²) in [5.41, 5.74) is 4.12. The SMILES string of the molecule is C[C@H](NC(=O)CSc1nnc(Cc2cccs2)n1C1CC1)c1ccc2c(c1)CCCC2. The fraction of sp³-hybridized carbons (Fsp3) is 0.458. The zero-order valence-electron chi connectivity index (χ0n) is 17.8. The first-order valence-electron chi connectivity index (χ1n) is 11.2. The number of nitrogens with zero attached hydrogens (tertiary/aromatic N) is 3. The van der Waals surface area contributed by atoms with Crippen LogP contribution in [0.5, 0.6) is 0 Å². The summed E-state index contributed by atoms with van der Waals surface area (Å²) in [4.78, 5) is 14.0. The molecule has 2 aliphatic carbocycles. The van der Waals surface area contributed by atoms with Gasteiger partial charge in [0.25, 0.3) is 0 Å². The number of benzene rings is 1. The normalized spacial score (nSPS) is 16.7. The van der Waals surface area contributed by atoms with Gasteiger partial charge in [0.1, 0.15) is 5.82 Å². The predicted molar refractivity (Wildman–Crippen MR) is 126 cm³/mol. The first-order valence-corrected chi connectivity index (χ1v) is 13.0. The van der Waals surface area contributed by atoms with Crippen molar-refractivity contribution in [3.63, 3.8) is 0 Å². The van der Waals surface area contributed by atoms with Crippen LogP contribution < -0.4 is 5.32 Å². The number of thiophene rings is 1. The number of hydrogen-bond acceptors (Lipinski definition) is 5. The maximum absolute atomic E-state index is 12.7. The number of carbonyl (C=O) groups is 1. The first-order chi connectivity index (χ1) is 15.2. The Labute approximate surface area is 191 Å². The second kappa shape index (κ2) is 9.17. The number of fused-ring (bicyclic) bond motifs is 1. The molecule has 5 nitrogen and oxygen atoms in total. The molecule has 1 saturated carbocycles. The van der Waals surface area contributed by atoms with Crippen molar-refractivity contribution < 1.29 is 4.79 Å². The predicted octanol–water partition coefficient (Wildman–Crippen LogP) is 5.11. The molecule has 0 saturated heterocycles. The van der Waals surface area contributed by atoms with Gasteiger partial charge in [-0.15, -0.1) is 21.5 Å². The van der Waals surface area contributed by atoms with Gasteiger partial charge in [-0.2, -0.15) is 0 Å². The van der Waals surface area contributed by atoms with Gasteiger partial charge < -0.3 is 9.88 Å². The van der Waals surface area contributed by atoms with E-state index in [2.05, 4.69) is 62.7 Å². The molecule has 0 aliphatic heterocycles. The summed E-state index contributed by atoms with van der Waals surface area (Å²) in [6.45, 7) is 2.07. The Morgan fingerprint density at radius 3 is 2.84 bits per heavy atom. The summed E-state index contributed by atoms with van der Waals surface area (Å²) in [6.07, 6.45) is 8.05. The number of rotatable bonds is 8. The van der Waals surface area contributed by atoms with Crippen molar-refractivity contribution >= 4 is 29.0 Å². The molecule has 5 rings (SSSR count). The Kier molecular flexibility index (Phi) is 6.14. The highest BCUT2D eigenvalue weighted by molar-refractivity contribution is 7.99. The average molecular weight is 453 g/mol. The van der Waals surface area contributed by atoms with E-state index in [0.717, 1.165) is 23.8 Å². The molecule has 0 bridgehead atoms. The Hall–Kier alpha value is -2.12. The highest BCUT2D eigenvalue weighted by Gasteiger charge is 2.30. The zero-order valence-corrected chi connectivity index (χ0v) is 19.5. The lowest BCUT2D eigenvalue weighted by molar-refractivity contribution is -0.119. The summed E-state index contributed by atoms with van der Waals surface area (Å²) in [5.74, 6) is 1.41. The molecule has 162 valence electrons. The van der Waals surface area contributed by atoms with E-state index in [-0.39, 0.29) is 11.9 Å². The second-order valence-electron chi connectivity index (χ2n) is 8.57. The Morgan fingerprint density at radius 1 is 1.23 bits per heavy atom. The number of nitrogens with one attached hydrogen (secondary N) is 1. The standard InChI is InChI=1S/C24H28N4OS2/c1-16(18-9-8-17-5-2-3-6-19(17)13-18)25-23(29)15-31-24-27-26-22(28(24)20-10-11-20)14-21-7-4-12-30-21/h4,7-9,12-13,16,20H,2-3,5-6,10-11,14-15H2,1H3,(H,25,29)/t16-/m0/s1. The minimum absolute atomic E-state index is 0.0102. The molecule has 1 N–H and O–H groups in total. The first kappa shape index (κ1) is 20.8. The lowest BCUT2D eigenvalue weighted by atomic mass is 9.89. The average Bonchev–Trinajstić information content (AvgIpc) is 3.33. The number of carbonyl (C=O) groups excluding carboxylic acids is 1. The maximum atomic E-state index is 12.7. The van der Waals surface area contributed by atoms with E-state index < -0.39 is 0 Å². The summed E-state index contributed by atoms with van der Waals surface area (Å²) >= 11 is 3.24. The molecule has 0 unspecified atom stereocenters. The van der Waals surface area contributed by atoms with Crippen LogP contribution in [0.3, 0.4) is 0 Å². The molecular weight excluding hydrogens is 424 g/mol. The Morgan fingerprint density at radius 2 is 2.06 bits per heavy atom. The molecule has 1 aromatic carbocycles. The van der Waals surface area contributed by atoms with E-state index in [1.54, 1.807) is 11.3 Å². The van der Waals surface area contributed by atoms with Gasteiger partial charge in [0, 0.05) is 17.3 Å². The third kappa shape index (κ3) is 4.88. The van der Waals surface area contributed by atoms with E-state index in [9.17, 15) is 4.79 Å². The van der Waals surface area contributed by atoms with Crippen molar-refractivity contribution in [1.82, 2.24) is 20.1 Å². The molecule has 1 fully saturated rings. The second-order valence-corrected chi connectivity index (χ2v) is 10.5. The Balaban J connectivity index is 1.20. The molecule has 3 aromatic rings. The Bertz CT molecular complexity index is 1060. The number of thioether (sulfide) groups is 1. The van der Waals surface area contributed by atoms with Crippen LogP contribution in [0.2, 0.25) is 0 Å². The van der Waals surface area contributed by atoms with Crippen LogP contribution >= 0.6 is 23.1 Å². The van der Waals surface area contributed by atoms with E-state index in [4.69, 9.17) is 0 Å². The number of amides is 1. The smallest absolute Gasteiger partial charge is 0.230 e. The van der Waals surface area contributed by atoms with Crippen molar-refractivity contribution in [2.75, 3.05) is 5.75 Å². The lowest BCUT2D eigenvalue weighted by Crippen LogP contribution is -2.28. The summed E-state index contributed by atoms with van der Waals surface area (Å²) in [5, 5.41) is 15.0. The number of aromatic nitrogens is 3. The molecule has 2 aliphatic rings. The molecule has 1 amide bonds. The van der Waals surface area contributed by atoms with Crippen LogP contribution in [-0.4, -0.2) is 26.4 Å². The minimum Gasteiger partial charge on any atom is -0.349 e. The van der Waals surface area contributed by atoms with Gasteiger partial charge in [-0.3, -0.25) is 4.79 Å². The molecular formula is C24H28N4OS2. The van der Waals surface area contributed by atoms with Crippen LogP contribution in [0.15, 0.2) is 40.9 Å². The summed E-state index contributed by atoms with van der Waals surface area (Å²) < 4.78 is 2.25. The molecule has 7 heteroatoms. The van der Waals surface area contributed by atoms with Gasteiger partial charge in [0.2, 0.25) is 5.91 Å². The van der Waals surface area contributed by atoms with E-state index >= 15 is 0 Å². The number of aryl methyl sites for hydroxylation is 2. The van der Waals surface area contributed by atoms with Crippen molar-refractivity contribution in [3.05, 3.63) is 63.1 Å². The number of hydrogen-bond donors (Lipinski definition) is 1. The largest absolute Gasteiger partial charge is 0.349 e. The lowest BCUT2D eigenvalue weighted by Gasteiger charge is -2.20. The third-order valence-electron chi connectivity index (χ3n) is 6.14. The van der Waals surface area contributed by atoms with Crippen LogP contribution in [0, 0.1) is 0 Å². The van der Waals surface area contributed by atoms with Crippen LogP contribution in [0.1, 0.15) is 72.1 Å². The minimum atomic E-state index is 0.0102. The fourth-order valence-corrected chi connectivity index (χ4v) is 5.85. The van der Waals surface area contributed by atoms with Crippen molar-refractivity contribution in [1.29, 1.82) is 0 Å². The maximum Gasteiger partial charge on any atom is 0.230 e. The van der Waals surface area contributed by atoms with Crippen LogP contribution in [0.4, 0.5) is 0 Å². The van der Waals surface area contributed by atoms with Gasteiger partial charge in [-0.25, -0.2) is 0 Å². The summed E-state index contributed by atoms with van der Waals surface area (Å²) in [6, 6.07) is 11.4. The van der Waals surface area contributed by atoms with Gasteiger partial charge in [-0.1, -0.05) is 36.0 Å². The van der Waals surface area contributed by atoms with Gasteiger partial charge in [-0.05, 0) is 73.6 Å². The molecule has 0 spiro atoms. The van der Waals surface area contributed by atoms with Gasteiger partial charge in [0.15, 0.2) is 5.16 Å². The zero-order chi connectivity index (χ0) is 21.2. The van der Waals surface area contributed by atoms with E-state index in [1.165, 1.54) is 65.4 Å². The molecule has 1 atom stereocenters. The molecule has 31 heavy (non-hydrogen) atoms. The molecule has 2 aromatic heterocycles. The van der Waals surface area contributed by atoms with E-state index in [0.29, 0.717) is 11.8 Å². The quantitative estimate of drug-likeness (QED) is 0.482. The highest BCUT2D eigenvalue weighted by Crippen LogP contribution is 2.39. The van der Waals surface area contributed by atoms with Crippen molar-refractivity contribution in [2.45, 2.75) is 69.1 Å². The van der Waals surface area contributed by atoms with Crippen molar-refractivity contribution in [2.24, 2.45) is 0 Å². The van der Waals surface area contributed by atoms with Gasteiger partial charge in [0.05, 0.1) is 11.8 Å². The van der Waals surface area contributed by atoms with Crippen molar-refractivity contribution in [3.8, 4) is 0 Å². The fourth-order valence-electron chi connectivity index (χ4n) is 4.31. The third-order valence-corrected chi connectivity index (χ3v) is 7.96. The van der Waals surface area contributed by atoms with Crippen LogP contribution in [-0.2, 0) is 24.1 Å². The topological polar surface area (TPSA) is 59.8 Å². The van der Waals surface area contributed by atoms with Gasteiger partial charge >= 0.3 is 0 Å². The molecule has 0 radical (unpaired) electrons. The van der Waals surface area contributed by atoms with E-state index in [1.807, 2.05) is 0 Å².